The number of fused-ring (bicyclic) bond motifs is 4. The lowest BCUT2D eigenvalue weighted by molar-refractivity contribution is -0.144. The number of piperidine rings is 1. The lowest BCUT2D eigenvalue weighted by Gasteiger charge is -2.35. The highest BCUT2D eigenvalue weighted by Crippen LogP contribution is 2.44. The van der Waals surface area contributed by atoms with E-state index in [0.717, 1.165) is 77.6 Å². The van der Waals surface area contributed by atoms with Gasteiger partial charge in [0.05, 0.1) is 23.8 Å². The first-order valence-corrected chi connectivity index (χ1v) is 15.9. The maximum absolute atomic E-state index is 13.2. The van der Waals surface area contributed by atoms with Crippen LogP contribution in [0, 0.1) is 31.6 Å². The monoisotopic (exact) mass is 587 g/mol. The van der Waals surface area contributed by atoms with Crippen molar-refractivity contribution in [2.45, 2.75) is 58.3 Å². The van der Waals surface area contributed by atoms with E-state index in [1.165, 1.54) is 0 Å². The smallest absolute Gasteiger partial charge is 0.307 e. The van der Waals surface area contributed by atoms with E-state index in [0.29, 0.717) is 25.3 Å². The van der Waals surface area contributed by atoms with Crippen molar-refractivity contribution in [2.75, 3.05) is 31.1 Å². The molecule has 9 heteroatoms. The van der Waals surface area contributed by atoms with Crippen LogP contribution in [0.5, 0.6) is 5.75 Å². The second-order valence-corrected chi connectivity index (χ2v) is 13.3. The van der Waals surface area contributed by atoms with Crippen LogP contribution >= 0.6 is 11.3 Å². The average molecular weight is 588 g/mol. The number of carboxylic acids is 1. The second-order valence-electron chi connectivity index (χ2n) is 12.5. The van der Waals surface area contributed by atoms with Gasteiger partial charge in [0.2, 0.25) is 0 Å². The number of rotatable bonds is 7. The molecular formula is C33H37N3O5S. The van der Waals surface area contributed by atoms with Gasteiger partial charge < -0.3 is 24.4 Å². The Kier molecular flexibility index (Phi) is 7.18. The van der Waals surface area contributed by atoms with Crippen LogP contribution in [0.15, 0.2) is 41.8 Å². The van der Waals surface area contributed by atoms with E-state index in [9.17, 15) is 14.7 Å². The van der Waals surface area contributed by atoms with Crippen molar-refractivity contribution in [1.29, 1.82) is 0 Å². The summed E-state index contributed by atoms with van der Waals surface area (Å²) >= 11 is 1.61. The van der Waals surface area contributed by atoms with Crippen molar-refractivity contribution in [3.63, 3.8) is 0 Å². The van der Waals surface area contributed by atoms with Crippen LogP contribution in [0.3, 0.4) is 0 Å². The number of thiazole rings is 1. The fraction of sp³-hybridized carbons (Fsp3) is 0.485. The van der Waals surface area contributed by atoms with Crippen molar-refractivity contribution in [3.8, 4) is 17.0 Å². The molecule has 0 radical (unpaired) electrons. The molecule has 4 fully saturated rings. The number of aliphatic carboxylic acids is 1. The van der Waals surface area contributed by atoms with E-state index >= 15 is 0 Å². The van der Waals surface area contributed by atoms with Crippen LogP contribution in [-0.4, -0.2) is 65.3 Å². The Hall–Kier alpha value is -3.43. The molecule has 1 saturated carbocycles. The van der Waals surface area contributed by atoms with Crippen LogP contribution in [0.1, 0.15) is 52.7 Å². The fourth-order valence-corrected chi connectivity index (χ4v) is 8.24. The third kappa shape index (κ3) is 5.17. The number of carbonyl (C=O) groups excluding carboxylic acids is 1. The summed E-state index contributed by atoms with van der Waals surface area (Å²) in [6, 6.07) is 12.0. The summed E-state index contributed by atoms with van der Waals surface area (Å²) in [5.41, 5.74) is 5.73. The molecule has 3 saturated heterocycles. The molecule has 0 spiro atoms. The van der Waals surface area contributed by atoms with Crippen molar-refractivity contribution < 1.29 is 24.2 Å². The molecule has 5 atom stereocenters. The molecule has 7 rings (SSSR count). The number of carboxylic acid groups (broad SMARTS) is 1. The number of aromatic nitrogens is 1. The minimum Gasteiger partial charge on any atom is -0.488 e. The first kappa shape index (κ1) is 27.4. The van der Waals surface area contributed by atoms with Gasteiger partial charge in [0.25, 0.3) is 5.91 Å². The molecule has 220 valence electrons. The highest BCUT2D eigenvalue weighted by molar-refractivity contribution is 7.14. The molecular weight excluding hydrogens is 550 g/mol. The molecule has 1 amide bonds. The number of anilines is 1. The Bertz CT molecular complexity index is 1500. The lowest BCUT2D eigenvalue weighted by Crippen LogP contribution is -2.45. The van der Waals surface area contributed by atoms with E-state index in [1.807, 2.05) is 42.2 Å². The van der Waals surface area contributed by atoms with Gasteiger partial charge in [-0.2, -0.15) is 0 Å². The van der Waals surface area contributed by atoms with Gasteiger partial charge >= 0.3 is 5.97 Å². The molecule has 4 aliphatic rings. The summed E-state index contributed by atoms with van der Waals surface area (Å²) in [7, 11) is 0. The number of hydrogen-bond donors (Lipinski definition) is 1. The van der Waals surface area contributed by atoms with E-state index in [1.54, 1.807) is 11.3 Å². The third-order valence-electron chi connectivity index (χ3n) is 9.60. The zero-order valence-electron chi connectivity index (χ0n) is 24.1. The number of ether oxygens (including phenoxy) is 2. The molecule has 4 bridgehead atoms. The molecule has 3 aromatic rings. The Morgan fingerprint density at radius 3 is 2.43 bits per heavy atom. The van der Waals surface area contributed by atoms with E-state index in [-0.39, 0.29) is 35.9 Å². The molecule has 42 heavy (non-hydrogen) atoms. The van der Waals surface area contributed by atoms with Crippen LogP contribution in [0.4, 0.5) is 5.13 Å². The highest BCUT2D eigenvalue weighted by atomic mass is 32.1. The number of aryl methyl sites for hydroxylation is 2. The number of morpholine rings is 1. The second kappa shape index (κ2) is 11.0. The van der Waals surface area contributed by atoms with Crippen LogP contribution in [-0.2, 0) is 16.1 Å². The molecule has 8 nitrogen and oxygen atoms in total. The van der Waals surface area contributed by atoms with E-state index in [4.69, 9.17) is 14.5 Å². The number of nitrogens with zero attached hydrogens (tertiary/aromatic N) is 3. The molecule has 1 unspecified atom stereocenters. The SMILES string of the molecule is Cc1ccc(OCc2ccc(C(=O)N3CC4CC[C@@H](C3)O4)cc2C)c(-c2csc(N3C[C@H]4CC[C@@H](C3)[C@H]4C(=O)O)n2)c1. The lowest BCUT2D eigenvalue weighted by atomic mass is 9.85. The summed E-state index contributed by atoms with van der Waals surface area (Å²) in [6.45, 7) is 7.34. The number of hydrogen-bond acceptors (Lipinski definition) is 7. The quantitative estimate of drug-likeness (QED) is 0.387. The van der Waals surface area contributed by atoms with Gasteiger partial charge in [-0.1, -0.05) is 17.7 Å². The maximum atomic E-state index is 13.2. The minimum absolute atomic E-state index is 0.0751. The van der Waals surface area contributed by atoms with Crippen LogP contribution < -0.4 is 9.64 Å². The van der Waals surface area contributed by atoms with Gasteiger partial charge in [0.15, 0.2) is 5.13 Å². The maximum Gasteiger partial charge on any atom is 0.307 e. The number of carbonyl (C=O) groups is 2. The Morgan fingerprint density at radius 1 is 1.00 bits per heavy atom. The predicted octanol–water partition coefficient (Wildman–Crippen LogP) is 5.56. The zero-order chi connectivity index (χ0) is 29.0. The van der Waals surface area contributed by atoms with E-state index < -0.39 is 5.97 Å². The Morgan fingerprint density at radius 2 is 1.74 bits per heavy atom. The van der Waals surface area contributed by atoms with Crippen molar-refractivity contribution in [2.24, 2.45) is 17.8 Å². The summed E-state index contributed by atoms with van der Waals surface area (Å²) in [5.74, 6) is 0.365. The summed E-state index contributed by atoms with van der Waals surface area (Å²) in [4.78, 5) is 34.2. The Labute approximate surface area is 250 Å². The molecule has 1 aliphatic carbocycles. The third-order valence-corrected chi connectivity index (χ3v) is 10.5. The minimum atomic E-state index is -0.649. The van der Waals surface area contributed by atoms with Crippen LogP contribution in [0.2, 0.25) is 0 Å². The van der Waals surface area contributed by atoms with Gasteiger partial charge in [-0.05, 0) is 86.8 Å². The van der Waals surface area contributed by atoms with Gasteiger partial charge in [-0.25, -0.2) is 4.98 Å². The molecule has 1 N–H and O–H groups in total. The average Bonchev–Trinajstić information content (AvgIpc) is 3.68. The number of benzene rings is 2. The van der Waals surface area contributed by atoms with Crippen molar-refractivity contribution in [1.82, 2.24) is 9.88 Å². The zero-order valence-corrected chi connectivity index (χ0v) is 24.9. The Balaban J connectivity index is 1.05. The van der Waals surface area contributed by atoms with Gasteiger partial charge in [0, 0.05) is 42.7 Å². The summed E-state index contributed by atoms with van der Waals surface area (Å²) in [6.07, 6.45) is 4.40. The normalized spacial score (nSPS) is 26.5. The van der Waals surface area contributed by atoms with Crippen LogP contribution in [0.25, 0.3) is 11.3 Å². The molecule has 3 aliphatic heterocycles. The number of likely N-dealkylation sites (tertiary alicyclic amines) is 1. The molecule has 4 heterocycles. The molecule has 2 aromatic carbocycles. The van der Waals surface area contributed by atoms with Gasteiger partial charge in [-0.15, -0.1) is 11.3 Å². The first-order valence-electron chi connectivity index (χ1n) is 15.0. The standard InChI is InChI=1S/C33H37N3O5S/c1-19-3-10-29(27(11-19)28-18-42-33(34-28)36-13-22-5-6-23(14-36)30(22)32(38)39)40-17-24-7-4-21(12-20(24)2)31(37)35-15-25-8-9-26(16-35)41-25/h3-4,7,10-12,18,22-23,25-26,30H,5-6,8-9,13-17H2,1-2H3,(H,38,39)/t22-,23+,25-,26?,30+/m0/s1. The van der Waals surface area contributed by atoms with Crippen molar-refractivity contribution in [3.05, 3.63) is 64.0 Å². The first-order chi connectivity index (χ1) is 20.3. The summed E-state index contributed by atoms with van der Waals surface area (Å²) in [5, 5.41) is 12.7. The van der Waals surface area contributed by atoms with Gasteiger partial charge in [0.1, 0.15) is 12.4 Å². The van der Waals surface area contributed by atoms with Crippen molar-refractivity contribution >= 4 is 28.3 Å². The summed E-state index contributed by atoms with van der Waals surface area (Å²) < 4.78 is 12.3. The van der Waals surface area contributed by atoms with Gasteiger partial charge in [-0.3, -0.25) is 9.59 Å². The topological polar surface area (TPSA) is 92.2 Å². The highest BCUT2D eigenvalue weighted by Gasteiger charge is 2.46. The fourth-order valence-electron chi connectivity index (χ4n) is 7.39. The molecule has 1 aromatic heterocycles. The number of amides is 1. The van der Waals surface area contributed by atoms with E-state index in [2.05, 4.69) is 23.3 Å². The largest absolute Gasteiger partial charge is 0.488 e. The predicted molar refractivity (Wildman–Crippen MR) is 161 cm³/mol.